The lowest BCUT2D eigenvalue weighted by Crippen LogP contribution is -2.26. The van der Waals surface area contributed by atoms with Gasteiger partial charge >= 0.3 is 0 Å². The summed E-state index contributed by atoms with van der Waals surface area (Å²) in [5.41, 5.74) is 2.31. The molecule has 0 aromatic heterocycles. The van der Waals surface area contributed by atoms with Crippen LogP contribution in [0, 0.1) is 0 Å². The first-order chi connectivity index (χ1) is 5.77. The Bertz CT molecular complexity index is 256. The van der Waals surface area contributed by atoms with Crippen LogP contribution in [0.4, 0.5) is 4.39 Å². The number of hydrogen-bond donors (Lipinski definition) is 0. The third kappa shape index (κ3) is 1.34. The van der Waals surface area contributed by atoms with Gasteiger partial charge in [0.25, 0.3) is 0 Å². The standard InChI is InChI=1S/C10H10ClF/c11-9-5-7-3-1-2-4-8(7)6-10(9)12/h1-4,9-10H,5-6H2/t9-,10-/m1/s1. The summed E-state index contributed by atoms with van der Waals surface area (Å²) in [6.45, 7) is 0. The van der Waals surface area contributed by atoms with Crippen molar-refractivity contribution < 1.29 is 4.39 Å². The Kier molecular flexibility index (Phi) is 2.05. The molecule has 1 aliphatic rings. The summed E-state index contributed by atoms with van der Waals surface area (Å²) in [4.78, 5) is 0. The van der Waals surface area contributed by atoms with E-state index in [9.17, 15) is 4.39 Å². The zero-order valence-electron chi connectivity index (χ0n) is 6.63. The third-order valence-electron chi connectivity index (χ3n) is 2.34. The Hall–Kier alpha value is -0.560. The minimum atomic E-state index is -0.874. The van der Waals surface area contributed by atoms with Crippen LogP contribution in [0.1, 0.15) is 11.1 Å². The monoisotopic (exact) mass is 184 g/mol. The number of alkyl halides is 2. The van der Waals surface area contributed by atoms with Gasteiger partial charge in [-0.2, -0.15) is 0 Å². The molecule has 2 atom stereocenters. The van der Waals surface area contributed by atoms with Crippen molar-refractivity contribution in [2.75, 3.05) is 0 Å². The Morgan fingerprint density at radius 2 is 1.75 bits per heavy atom. The van der Waals surface area contributed by atoms with E-state index in [-0.39, 0.29) is 5.38 Å². The average Bonchev–Trinajstić information content (AvgIpc) is 2.07. The topological polar surface area (TPSA) is 0 Å². The molecule has 0 saturated carbocycles. The van der Waals surface area contributed by atoms with E-state index >= 15 is 0 Å². The SMILES string of the molecule is F[C@@H]1Cc2ccccc2C[C@H]1Cl. The largest absolute Gasteiger partial charge is 0.245 e. The van der Waals surface area contributed by atoms with Gasteiger partial charge in [-0.15, -0.1) is 11.6 Å². The van der Waals surface area contributed by atoms with E-state index in [2.05, 4.69) is 0 Å². The quantitative estimate of drug-likeness (QED) is 0.544. The van der Waals surface area contributed by atoms with Crippen LogP contribution < -0.4 is 0 Å². The Balaban J connectivity index is 2.34. The zero-order valence-corrected chi connectivity index (χ0v) is 7.39. The number of halogens is 2. The maximum Gasteiger partial charge on any atom is 0.121 e. The molecule has 0 unspecified atom stereocenters. The van der Waals surface area contributed by atoms with Crippen LogP contribution in [0.3, 0.4) is 0 Å². The van der Waals surface area contributed by atoms with E-state index < -0.39 is 6.17 Å². The van der Waals surface area contributed by atoms with Crippen molar-refractivity contribution in [1.82, 2.24) is 0 Å². The molecule has 0 amide bonds. The van der Waals surface area contributed by atoms with E-state index in [1.54, 1.807) is 0 Å². The van der Waals surface area contributed by atoms with E-state index in [4.69, 9.17) is 11.6 Å². The maximum atomic E-state index is 13.1. The molecule has 12 heavy (non-hydrogen) atoms. The van der Waals surface area contributed by atoms with Crippen LogP contribution in [0.5, 0.6) is 0 Å². The molecule has 0 aliphatic heterocycles. The number of rotatable bonds is 0. The lowest BCUT2D eigenvalue weighted by molar-refractivity contribution is 0.306. The Morgan fingerprint density at radius 3 is 2.42 bits per heavy atom. The fourth-order valence-electron chi connectivity index (χ4n) is 1.63. The van der Waals surface area contributed by atoms with Crippen molar-refractivity contribution in [3.05, 3.63) is 35.4 Å². The van der Waals surface area contributed by atoms with Crippen molar-refractivity contribution >= 4 is 11.6 Å². The summed E-state index contributed by atoms with van der Waals surface area (Å²) < 4.78 is 13.1. The predicted octanol–water partition coefficient (Wildman–Crippen LogP) is 2.73. The average molecular weight is 185 g/mol. The van der Waals surface area contributed by atoms with Gasteiger partial charge in [-0.3, -0.25) is 0 Å². The van der Waals surface area contributed by atoms with Gasteiger partial charge in [-0.1, -0.05) is 24.3 Å². The zero-order chi connectivity index (χ0) is 8.55. The van der Waals surface area contributed by atoms with Gasteiger partial charge in [0, 0.05) is 6.42 Å². The molecule has 1 aliphatic carbocycles. The summed E-state index contributed by atoms with van der Waals surface area (Å²) in [5, 5.41) is -0.333. The highest BCUT2D eigenvalue weighted by atomic mass is 35.5. The fraction of sp³-hybridized carbons (Fsp3) is 0.400. The summed E-state index contributed by atoms with van der Waals surface area (Å²) >= 11 is 5.82. The molecule has 1 aromatic carbocycles. The van der Waals surface area contributed by atoms with Crippen LogP contribution in [0.2, 0.25) is 0 Å². The normalized spacial score (nSPS) is 28.2. The summed E-state index contributed by atoms with van der Waals surface area (Å²) in [5.74, 6) is 0. The summed E-state index contributed by atoms with van der Waals surface area (Å²) in [6, 6.07) is 7.92. The first-order valence-corrected chi connectivity index (χ1v) is 4.56. The summed E-state index contributed by atoms with van der Waals surface area (Å²) in [7, 11) is 0. The minimum Gasteiger partial charge on any atom is -0.245 e. The molecule has 0 spiro atoms. The van der Waals surface area contributed by atoms with Crippen molar-refractivity contribution in [3.8, 4) is 0 Å². The van der Waals surface area contributed by atoms with Gasteiger partial charge in [0.2, 0.25) is 0 Å². The van der Waals surface area contributed by atoms with Gasteiger partial charge in [0.05, 0.1) is 5.38 Å². The number of fused-ring (bicyclic) bond motifs is 1. The molecule has 64 valence electrons. The fourth-order valence-corrected chi connectivity index (χ4v) is 1.89. The second-order valence-corrected chi connectivity index (χ2v) is 3.77. The van der Waals surface area contributed by atoms with E-state index in [0.29, 0.717) is 12.8 Å². The van der Waals surface area contributed by atoms with Crippen molar-refractivity contribution in [3.63, 3.8) is 0 Å². The molecule has 0 saturated heterocycles. The second kappa shape index (κ2) is 3.06. The molecule has 0 radical (unpaired) electrons. The van der Waals surface area contributed by atoms with Crippen LogP contribution in [0.25, 0.3) is 0 Å². The van der Waals surface area contributed by atoms with E-state index in [1.807, 2.05) is 24.3 Å². The van der Waals surface area contributed by atoms with Gasteiger partial charge in [-0.05, 0) is 17.5 Å². The van der Waals surface area contributed by atoms with Gasteiger partial charge in [0.15, 0.2) is 0 Å². The van der Waals surface area contributed by atoms with E-state index in [1.165, 1.54) is 5.56 Å². The highest BCUT2D eigenvalue weighted by molar-refractivity contribution is 6.21. The molecule has 0 N–H and O–H groups in total. The van der Waals surface area contributed by atoms with Crippen LogP contribution >= 0.6 is 11.6 Å². The molecule has 0 heterocycles. The third-order valence-corrected chi connectivity index (χ3v) is 2.77. The van der Waals surface area contributed by atoms with Crippen LogP contribution in [0.15, 0.2) is 24.3 Å². The molecule has 0 bridgehead atoms. The predicted molar refractivity (Wildman–Crippen MR) is 48.4 cm³/mol. The molecular formula is C10H10ClF. The molecular weight excluding hydrogens is 175 g/mol. The number of hydrogen-bond acceptors (Lipinski definition) is 0. The Morgan fingerprint density at radius 1 is 1.17 bits per heavy atom. The van der Waals surface area contributed by atoms with Crippen LogP contribution in [-0.2, 0) is 12.8 Å². The smallest absolute Gasteiger partial charge is 0.121 e. The molecule has 0 fully saturated rings. The molecule has 0 nitrogen and oxygen atoms in total. The molecule has 2 heteroatoms. The van der Waals surface area contributed by atoms with Crippen molar-refractivity contribution in [1.29, 1.82) is 0 Å². The highest BCUT2D eigenvalue weighted by Crippen LogP contribution is 2.26. The van der Waals surface area contributed by atoms with Gasteiger partial charge in [-0.25, -0.2) is 4.39 Å². The van der Waals surface area contributed by atoms with Crippen molar-refractivity contribution in [2.24, 2.45) is 0 Å². The molecule has 1 aromatic rings. The van der Waals surface area contributed by atoms with E-state index in [0.717, 1.165) is 5.56 Å². The second-order valence-electron chi connectivity index (χ2n) is 3.21. The van der Waals surface area contributed by atoms with Crippen molar-refractivity contribution in [2.45, 2.75) is 24.4 Å². The summed E-state index contributed by atoms with van der Waals surface area (Å²) in [6.07, 6.45) is 0.269. The minimum absolute atomic E-state index is 0.333. The number of benzene rings is 1. The Labute approximate surface area is 76.4 Å². The lowest BCUT2D eigenvalue weighted by Gasteiger charge is -2.23. The maximum absolute atomic E-state index is 13.1. The highest BCUT2D eigenvalue weighted by Gasteiger charge is 2.25. The first-order valence-electron chi connectivity index (χ1n) is 4.12. The van der Waals surface area contributed by atoms with Gasteiger partial charge in [0.1, 0.15) is 6.17 Å². The van der Waals surface area contributed by atoms with Crippen LogP contribution in [-0.4, -0.2) is 11.5 Å². The molecule has 2 rings (SSSR count). The first kappa shape index (κ1) is 8.06. The lowest BCUT2D eigenvalue weighted by atomic mass is 9.90. The van der Waals surface area contributed by atoms with Gasteiger partial charge < -0.3 is 0 Å².